The Morgan fingerprint density at radius 1 is 1.45 bits per heavy atom. The maximum Gasteiger partial charge on any atom is 0.106 e. The lowest BCUT2D eigenvalue weighted by Crippen LogP contribution is -1.92. The molecule has 0 aromatic carbocycles. The zero-order chi connectivity index (χ0) is 9.28. The van der Waals surface area contributed by atoms with Gasteiger partial charge in [0.05, 0.1) is 6.21 Å². The van der Waals surface area contributed by atoms with Gasteiger partial charge in [-0.1, -0.05) is 39.4 Å². The Morgan fingerprint density at radius 3 is 2.18 bits per heavy atom. The minimum absolute atomic E-state index is 0.448. The molecule has 0 aromatic rings. The molecule has 0 unspecified atom stereocenters. The molecule has 0 spiro atoms. The van der Waals surface area contributed by atoms with Crippen molar-refractivity contribution in [2.24, 2.45) is 11.1 Å². The van der Waals surface area contributed by atoms with Crippen molar-refractivity contribution in [2.45, 2.75) is 27.7 Å². The van der Waals surface area contributed by atoms with Crippen molar-refractivity contribution in [1.29, 1.82) is 0 Å². The highest BCUT2D eigenvalue weighted by Gasteiger charge is 1.93. The maximum atomic E-state index is 4.47. The standard InChI is InChI=1S/C7H13NO.C2H6/c1-6(2)7(3)5-8-9-4;1-2/h5-6H,3H2,1-2,4H3;1-2H3/b8-5-;. The van der Waals surface area contributed by atoms with Crippen LogP contribution in [-0.4, -0.2) is 13.3 Å². The fraction of sp³-hybridized carbons (Fsp3) is 0.667. The van der Waals surface area contributed by atoms with E-state index in [-0.39, 0.29) is 0 Å². The molecule has 0 fully saturated rings. The molecule has 0 aliphatic heterocycles. The molecule has 0 aliphatic rings. The third kappa shape index (κ3) is 9.21. The second-order valence-electron chi connectivity index (χ2n) is 2.15. The minimum Gasteiger partial charge on any atom is -0.399 e. The van der Waals surface area contributed by atoms with E-state index in [1.54, 1.807) is 6.21 Å². The molecule has 0 rings (SSSR count). The molecule has 0 aromatic heterocycles. The molecule has 0 amide bonds. The molecule has 2 nitrogen and oxygen atoms in total. The minimum atomic E-state index is 0.448. The summed E-state index contributed by atoms with van der Waals surface area (Å²) in [6.07, 6.45) is 1.63. The number of nitrogens with zero attached hydrogens (tertiary/aromatic N) is 1. The molecule has 0 N–H and O–H groups in total. The van der Waals surface area contributed by atoms with Crippen LogP contribution in [0.1, 0.15) is 27.7 Å². The van der Waals surface area contributed by atoms with E-state index >= 15 is 0 Å². The Hall–Kier alpha value is -0.790. The second-order valence-corrected chi connectivity index (χ2v) is 2.15. The van der Waals surface area contributed by atoms with Gasteiger partial charge in [-0.05, 0) is 11.5 Å². The summed E-state index contributed by atoms with van der Waals surface area (Å²) in [4.78, 5) is 4.47. The summed E-state index contributed by atoms with van der Waals surface area (Å²) in [5.74, 6) is 0.448. The van der Waals surface area contributed by atoms with Gasteiger partial charge in [-0.25, -0.2) is 0 Å². The molecule has 0 radical (unpaired) electrons. The molecule has 0 saturated carbocycles. The number of oxime groups is 1. The van der Waals surface area contributed by atoms with Gasteiger partial charge in [-0.15, -0.1) is 0 Å². The third-order valence-electron chi connectivity index (χ3n) is 1.07. The molecule has 66 valence electrons. The van der Waals surface area contributed by atoms with Crippen molar-refractivity contribution in [2.75, 3.05) is 7.11 Å². The quantitative estimate of drug-likeness (QED) is 0.456. The van der Waals surface area contributed by atoms with Crippen LogP contribution in [0.4, 0.5) is 0 Å². The van der Waals surface area contributed by atoms with E-state index in [0.717, 1.165) is 5.57 Å². The Labute approximate surface area is 69.9 Å². The number of hydrogen-bond donors (Lipinski definition) is 0. The van der Waals surface area contributed by atoms with Gasteiger partial charge in [-0.3, -0.25) is 0 Å². The van der Waals surface area contributed by atoms with Crippen LogP contribution in [0.3, 0.4) is 0 Å². The predicted molar refractivity (Wildman–Crippen MR) is 50.8 cm³/mol. The van der Waals surface area contributed by atoms with E-state index < -0.39 is 0 Å². The van der Waals surface area contributed by atoms with Crippen molar-refractivity contribution in [3.05, 3.63) is 12.2 Å². The van der Waals surface area contributed by atoms with Gasteiger partial charge in [0.2, 0.25) is 0 Å². The van der Waals surface area contributed by atoms with Crippen molar-refractivity contribution in [1.82, 2.24) is 0 Å². The van der Waals surface area contributed by atoms with E-state index in [9.17, 15) is 0 Å². The van der Waals surface area contributed by atoms with Crippen molar-refractivity contribution in [3.8, 4) is 0 Å². The van der Waals surface area contributed by atoms with Crippen LogP contribution < -0.4 is 0 Å². The van der Waals surface area contributed by atoms with Crippen LogP contribution in [0.5, 0.6) is 0 Å². The summed E-state index contributed by atoms with van der Waals surface area (Å²) in [6, 6.07) is 0. The Kier molecular flexibility index (Phi) is 10.8. The Morgan fingerprint density at radius 2 is 1.91 bits per heavy atom. The topological polar surface area (TPSA) is 21.6 Å². The van der Waals surface area contributed by atoms with Crippen LogP contribution in [0, 0.1) is 5.92 Å². The zero-order valence-corrected chi connectivity index (χ0v) is 8.22. The zero-order valence-electron chi connectivity index (χ0n) is 8.22. The molecule has 0 atom stereocenters. The van der Waals surface area contributed by atoms with Gasteiger partial charge in [-0.2, -0.15) is 0 Å². The highest BCUT2D eigenvalue weighted by molar-refractivity contribution is 5.77. The fourth-order valence-corrected chi connectivity index (χ4v) is 0.269. The Bertz CT molecular complexity index is 117. The van der Waals surface area contributed by atoms with Crippen LogP contribution >= 0.6 is 0 Å². The highest BCUT2D eigenvalue weighted by Crippen LogP contribution is 2.02. The lowest BCUT2D eigenvalue weighted by molar-refractivity contribution is 0.215. The predicted octanol–water partition coefficient (Wildman–Crippen LogP) is 2.86. The molecule has 0 heterocycles. The normalized spacial score (nSPS) is 9.27. The summed E-state index contributed by atoms with van der Waals surface area (Å²) in [6.45, 7) is 11.9. The molecular weight excluding hydrogens is 138 g/mol. The first-order chi connectivity index (χ1) is 5.18. The molecule has 0 bridgehead atoms. The summed E-state index contributed by atoms with van der Waals surface area (Å²) in [5, 5.41) is 3.57. The summed E-state index contributed by atoms with van der Waals surface area (Å²) in [7, 11) is 1.52. The fourth-order valence-electron chi connectivity index (χ4n) is 0.269. The van der Waals surface area contributed by atoms with Gasteiger partial charge in [0.25, 0.3) is 0 Å². The smallest absolute Gasteiger partial charge is 0.106 e. The molecule has 0 saturated heterocycles. The van der Waals surface area contributed by atoms with Crippen molar-refractivity contribution >= 4 is 6.21 Å². The third-order valence-corrected chi connectivity index (χ3v) is 1.07. The maximum absolute atomic E-state index is 4.47. The number of rotatable bonds is 3. The molecule has 11 heavy (non-hydrogen) atoms. The first-order valence-electron chi connectivity index (χ1n) is 3.93. The van der Waals surface area contributed by atoms with Crippen LogP contribution in [0.15, 0.2) is 17.3 Å². The van der Waals surface area contributed by atoms with Crippen molar-refractivity contribution in [3.63, 3.8) is 0 Å². The van der Waals surface area contributed by atoms with E-state index in [1.165, 1.54) is 7.11 Å². The second kappa shape index (κ2) is 9.21. The Balaban J connectivity index is 0. The van der Waals surface area contributed by atoms with Crippen LogP contribution in [-0.2, 0) is 4.84 Å². The van der Waals surface area contributed by atoms with E-state index in [4.69, 9.17) is 0 Å². The largest absolute Gasteiger partial charge is 0.399 e. The lowest BCUT2D eigenvalue weighted by Gasteiger charge is -1.99. The average molecular weight is 157 g/mol. The summed E-state index contributed by atoms with van der Waals surface area (Å²) < 4.78 is 0. The monoisotopic (exact) mass is 157 g/mol. The van der Waals surface area contributed by atoms with Gasteiger partial charge < -0.3 is 4.84 Å². The van der Waals surface area contributed by atoms with Crippen molar-refractivity contribution < 1.29 is 4.84 Å². The van der Waals surface area contributed by atoms with Gasteiger partial charge in [0.15, 0.2) is 0 Å². The first-order valence-corrected chi connectivity index (χ1v) is 3.93. The SMILES string of the molecule is C=C(/C=N\OC)C(C)C.CC. The van der Waals surface area contributed by atoms with Gasteiger partial charge in [0, 0.05) is 0 Å². The first kappa shape index (κ1) is 12.8. The highest BCUT2D eigenvalue weighted by atomic mass is 16.6. The van der Waals surface area contributed by atoms with E-state index in [0.29, 0.717) is 5.92 Å². The average Bonchev–Trinajstić information content (AvgIpc) is 2.03. The summed E-state index contributed by atoms with van der Waals surface area (Å²) >= 11 is 0. The lowest BCUT2D eigenvalue weighted by atomic mass is 10.1. The van der Waals surface area contributed by atoms with Crippen LogP contribution in [0.25, 0.3) is 0 Å². The molecule has 2 heteroatoms. The van der Waals surface area contributed by atoms with Gasteiger partial charge >= 0.3 is 0 Å². The number of hydrogen-bond acceptors (Lipinski definition) is 2. The summed E-state index contributed by atoms with van der Waals surface area (Å²) in [5.41, 5.74) is 0.983. The van der Waals surface area contributed by atoms with Crippen LogP contribution in [0.2, 0.25) is 0 Å². The molecule has 0 aliphatic carbocycles. The van der Waals surface area contributed by atoms with Gasteiger partial charge in [0.1, 0.15) is 7.11 Å². The van der Waals surface area contributed by atoms with E-state index in [2.05, 4.69) is 30.4 Å². The number of allylic oxidation sites excluding steroid dienone is 1. The molecular formula is C9H19NO. The van der Waals surface area contributed by atoms with E-state index in [1.807, 2.05) is 13.8 Å².